The molecular formula is C25H24N2O3. The summed E-state index contributed by atoms with van der Waals surface area (Å²) in [5, 5.41) is 12.1. The van der Waals surface area contributed by atoms with Crippen molar-refractivity contribution in [3.05, 3.63) is 77.0 Å². The van der Waals surface area contributed by atoms with Crippen molar-refractivity contribution >= 4 is 28.4 Å². The summed E-state index contributed by atoms with van der Waals surface area (Å²) in [4.78, 5) is 31.2. The lowest BCUT2D eigenvalue weighted by Crippen LogP contribution is -2.37. The number of benzene rings is 2. The maximum absolute atomic E-state index is 13.2. The molecule has 1 aromatic heterocycles. The highest BCUT2D eigenvalue weighted by molar-refractivity contribution is 6.46. The number of nitrogens with zero attached hydrogens (tertiary/aromatic N) is 1. The van der Waals surface area contributed by atoms with Gasteiger partial charge in [-0.25, -0.2) is 0 Å². The number of aromatic nitrogens is 1. The molecule has 0 bridgehead atoms. The number of carbonyl (C=O) groups excluding carboxylic acids is 2. The fourth-order valence-corrected chi connectivity index (χ4v) is 4.99. The molecule has 152 valence electrons. The number of amides is 1. The van der Waals surface area contributed by atoms with E-state index in [-0.39, 0.29) is 17.4 Å². The quantitative estimate of drug-likeness (QED) is 0.375. The number of fused-ring (bicyclic) bond motifs is 1. The molecule has 1 saturated heterocycles. The molecule has 1 saturated carbocycles. The van der Waals surface area contributed by atoms with E-state index >= 15 is 0 Å². The van der Waals surface area contributed by atoms with Crippen molar-refractivity contribution in [2.75, 3.05) is 0 Å². The van der Waals surface area contributed by atoms with E-state index in [2.05, 4.69) is 4.98 Å². The van der Waals surface area contributed by atoms with Gasteiger partial charge in [0, 0.05) is 28.7 Å². The minimum atomic E-state index is -0.601. The van der Waals surface area contributed by atoms with E-state index in [9.17, 15) is 14.7 Å². The van der Waals surface area contributed by atoms with Crippen LogP contribution in [0, 0.1) is 6.92 Å². The molecule has 5 rings (SSSR count). The molecule has 2 fully saturated rings. The number of aromatic amines is 1. The number of aliphatic hydroxyl groups is 1. The first-order valence-electron chi connectivity index (χ1n) is 10.5. The summed E-state index contributed by atoms with van der Waals surface area (Å²) in [6.45, 7) is 1.99. The Hall–Kier alpha value is -3.34. The number of Topliss-reactive ketones (excluding diaryl/α,β-unsaturated/α-hetero) is 1. The Bertz CT molecular complexity index is 1180. The average Bonchev–Trinajstić information content (AvgIpc) is 3.47. The van der Waals surface area contributed by atoms with E-state index in [0.29, 0.717) is 5.56 Å². The molecule has 1 aliphatic heterocycles. The van der Waals surface area contributed by atoms with Crippen molar-refractivity contribution < 1.29 is 14.7 Å². The lowest BCUT2D eigenvalue weighted by molar-refractivity contribution is -0.141. The second-order valence-electron chi connectivity index (χ2n) is 8.31. The number of aryl methyl sites for hydroxylation is 1. The molecule has 2 heterocycles. The minimum absolute atomic E-state index is 0.0280. The Balaban J connectivity index is 1.72. The van der Waals surface area contributed by atoms with Gasteiger partial charge in [-0.2, -0.15) is 0 Å². The lowest BCUT2D eigenvalue weighted by atomic mass is 9.93. The molecule has 2 aliphatic rings. The standard InChI is InChI=1S/C25H24N2O3/c1-15-7-6-8-16(13-15)22-21(24(29)25(30)27(22)17-9-2-3-10-17)23(28)19-14-26-20-12-5-4-11-18(19)20/h4-8,11-14,17,22,26,28H,2-3,9-10H2,1H3/b23-21-. The third-order valence-corrected chi connectivity index (χ3v) is 6.40. The molecule has 1 amide bonds. The predicted molar refractivity (Wildman–Crippen MR) is 116 cm³/mol. The van der Waals surface area contributed by atoms with Gasteiger partial charge in [-0.05, 0) is 31.4 Å². The number of rotatable bonds is 3. The second kappa shape index (κ2) is 7.17. The van der Waals surface area contributed by atoms with Crippen molar-refractivity contribution in [1.29, 1.82) is 0 Å². The highest BCUT2D eigenvalue weighted by Crippen LogP contribution is 2.44. The number of ketones is 1. The summed E-state index contributed by atoms with van der Waals surface area (Å²) in [5.41, 5.74) is 3.52. The molecular weight excluding hydrogens is 376 g/mol. The third-order valence-electron chi connectivity index (χ3n) is 6.40. The van der Waals surface area contributed by atoms with Crippen LogP contribution in [0.1, 0.15) is 48.4 Å². The highest BCUT2D eigenvalue weighted by atomic mass is 16.3. The zero-order chi connectivity index (χ0) is 20.8. The van der Waals surface area contributed by atoms with Gasteiger partial charge in [0.15, 0.2) is 0 Å². The van der Waals surface area contributed by atoms with Gasteiger partial charge in [-0.15, -0.1) is 0 Å². The largest absolute Gasteiger partial charge is 0.507 e. The minimum Gasteiger partial charge on any atom is -0.507 e. The number of hydrogen-bond acceptors (Lipinski definition) is 3. The van der Waals surface area contributed by atoms with Crippen LogP contribution < -0.4 is 0 Å². The SMILES string of the molecule is Cc1cccc(C2/C(=C(/O)c3c[nH]c4ccccc34)C(=O)C(=O)N2C2CCCC2)c1. The van der Waals surface area contributed by atoms with Crippen LogP contribution in [0.4, 0.5) is 0 Å². The first-order valence-corrected chi connectivity index (χ1v) is 10.5. The lowest BCUT2D eigenvalue weighted by Gasteiger charge is -2.31. The zero-order valence-electron chi connectivity index (χ0n) is 16.9. The molecule has 1 unspecified atom stereocenters. The normalized spacial score (nSPS) is 21.8. The maximum atomic E-state index is 13.2. The van der Waals surface area contributed by atoms with Gasteiger partial charge in [-0.1, -0.05) is 60.9 Å². The van der Waals surface area contributed by atoms with Crippen molar-refractivity contribution in [3.63, 3.8) is 0 Å². The Morgan fingerprint density at radius 1 is 1.07 bits per heavy atom. The number of carbonyl (C=O) groups is 2. The van der Waals surface area contributed by atoms with Gasteiger partial charge in [0.25, 0.3) is 11.7 Å². The zero-order valence-corrected chi connectivity index (χ0v) is 16.9. The summed E-state index contributed by atoms with van der Waals surface area (Å²) in [5.74, 6) is -1.22. The molecule has 0 radical (unpaired) electrons. The molecule has 2 aromatic carbocycles. The van der Waals surface area contributed by atoms with Crippen LogP contribution in [0.5, 0.6) is 0 Å². The molecule has 5 nitrogen and oxygen atoms in total. The first-order chi connectivity index (χ1) is 14.6. The number of para-hydroxylation sites is 1. The molecule has 0 spiro atoms. The Morgan fingerprint density at radius 2 is 1.83 bits per heavy atom. The molecule has 2 N–H and O–H groups in total. The Kier molecular flexibility index (Phi) is 4.46. The van der Waals surface area contributed by atoms with Crippen LogP contribution in [0.25, 0.3) is 16.7 Å². The van der Waals surface area contributed by atoms with Crippen LogP contribution in [0.15, 0.2) is 60.3 Å². The van der Waals surface area contributed by atoms with Crippen LogP contribution in [-0.2, 0) is 9.59 Å². The van der Waals surface area contributed by atoms with Gasteiger partial charge < -0.3 is 15.0 Å². The summed E-state index contributed by atoms with van der Waals surface area (Å²) >= 11 is 0. The van der Waals surface area contributed by atoms with E-state index in [1.54, 1.807) is 11.1 Å². The van der Waals surface area contributed by atoms with Gasteiger partial charge in [-0.3, -0.25) is 9.59 Å². The van der Waals surface area contributed by atoms with E-state index in [4.69, 9.17) is 0 Å². The number of hydrogen-bond donors (Lipinski definition) is 2. The average molecular weight is 400 g/mol. The van der Waals surface area contributed by atoms with Crippen molar-refractivity contribution in [2.45, 2.75) is 44.7 Å². The van der Waals surface area contributed by atoms with Crippen molar-refractivity contribution in [3.8, 4) is 0 Å². The monoisotopic (exact) mass is 400 g/mol. The summed E-state index contributed by atoms with van der Waals surface area (Å²) in [7, 11) is 0. The topological polar surface area (TPSA) is 73.4 Å². The van der Waals surface area contributed by atoms with Crippen molar-refractivity contribution in [1.82, 2.24) is 9.88 Å². The summed E-state index contributed by atoms with van der Waals surface area (Å²) < 4.78 is 0. The number of nitrogens with one attached hydrogen (secondary N) is 1. The molecule has 5 heteroatoms. The van der Waals surface area contributed by atoms with E-state index in [1.165, 1.54) is 0 Å². The van der Waals surface area contributed by atoms with Gasteiger partial charge >= 0.3 is 0 Å². The highest BCUT2D eigenvalue weighted by Gasteiger charge is 2.49. The van der Waals surface area contributed by atoms with Gasteiger partial charge in [0.2, 0.25) is 0 Å². The van der Waals surface area contributed by atoms with Crippen molar-refractivity contribution in [2.24, 2.45) is 0 Å². The summed E-state index contributed by atoms with van der Waals surface area (Å²) in [6.07, 6.45) is 5.59. The summed E-state index contributed by atoms with van der Waals surface area (Å²) in [6, 6.07) is 14.9. The third kappa shape index (κ3) is 2.84. The van der Waals surface area contributed by atoms with Gasteiger partial charge in [0.05, 0.1) is 11.6 Å². The number of aliphatic hydroxyl groups excluding tert-OH is 1. The smallest absolute Gasteiger partial charge is 0.295 e. The molecule has 1 atom stereocenters. The molecule has 3 aromatic rings. The van der Waals surface area contributed by atoms with Gasteiger partial charge in [0.1, 0.15) is 5.76 Å². The van der Waals surface area contributed by atoms with E-state index < -0.39 is 17.7 Å². The maximum Gasteiger partial charge on any atom is 0.295 e. The fourth-order valence-electron chi connectivity index (χ4n) is 4.99. The Morgan fingerprint density at radius 3 is 2.60 bits per heavy atom. The van der Waals surface area contributed by atoms with Crippen LogP contribution >= 0.6 is 0 Å². The molecule has 30 heavy (non-hydrogen) atoms. The van der Waals surface area contributed by atoms with E-state index in [0.717, 1.165) is 47.7 Å². The Labute approximate surface area is 175 Å². The van der Waals surface area contributed by atoms with Crippen LogP contribution in [-0.4, -0.2) is 32.7 Å². The van der Waals surface area contributed by atoms with Crippen LogP contribution in [0.2, 0.25) is 0 Å². The predicted octanol–water partition coefficient (Wildman–Crippen LogP) is 4.84. The first kappa shape index (κ1) is 18.7. The van der Waals surface area contributed by atoms with E-state index in [1.807, 2.05) is 55.5 Å². The number of H-pyrrole nitrogens is 1. The fraction of sp³-hybridized carbons (Fsp3) is 0.280. The second-order valence-corrected chi connectivity index (χ2v) is 8.31. The molecule has 1 aliphatic carbocycles. The van der Waals surface area contributed by atoms with Crippen LogP contribution in [0.3, 0.4) is 0 Å². The number of likely N-dealkylation sites (tertiary alicyclic amines) is 1.